The molecule has 0 amide bonds. The average Bonchev–Trinajstić information content (AvgIpc) is 2.10. The molecular weight excluding hydrogens is 221 g/mol. The summed E-state index contributed by atoms with van der Waals surface area (Å²) in [6.07, 6.45) is -1.07. The Morgan fingerprint density at radius 3 is 2.33 bits per heavy atom. The van der Waals surface area contributed by atoms with Crippen molar-refractivity contribution in [3.8, 4) is 0 Å². The molecule has 3 N–H and O–H groups in total. The van der Waals surface area contributed by atoms with Gasteiger partial charge in [0.05, 0.1) is 47.1 Å². The van der Waals surface area contributed by atoms with Crippen molar-refractivity contribution in [2.45, 2.75) is 6.10 Å². The summed E-state index contributed by atoms with van der Waals surface area (Å²) in [5.74, 6) is 0. The van der Waals surface area contributed by atoms with Gasteiger partial charge < -0.3 is 24.1 Å². The molecule has 0 aliphatic carbocycles. The van der Waals surface area contributed by atoms with E-state index in [0.717, 1.165) is 0 Å². The number of quaternary nitrogens is 1. The smallest absolute Gasteiger partial charge is 0.333 e. The van der Waals surface area contributed by atoms with E-state index in [1.54, 1.807) is 0 Å². The van der Waals surface area contributed by atoms with Crippen LogP contribution in [-0.2, 0) is 9.09 Å². The van der Waals surface area contributed by atoms with Crippen LogP contribution in [0, 0.1) is 0 Å². The zero-order chi connectivity index (χ0) is 12.1. The van der Waals surface area contributed by atoms with Gasteiger partial charge in [0.15, 0.2) is 0 Å². The lowest BCUT2D eigenvalue weighted by Gasteiger charge is -2.25. The summed E-state index contributed by atoms with van der Waals surface area (Å²) in [5.41, 5.74) is 0. The molecule has 1 unspecified atom stereocenters. The largest absolute Gasteiger partial charge is 0.394 e. The molecule has 15 heavy (non-hydrogen) atoms. The van der Waals surface area contributed by atoms with Crippen molar-refractivity contribution in [2.24, 2.45) is 0 Å². The molecule has 2 atom stereocenters. The van der Waals surface area contributed by atoms with Crippen LogP contribution < -0.4 is 0 Å². The lowest BCUT2D eigenvalue weighted by molar-refractivity contribution is -0.867. The second-order valence-corrected chi connectivity index (χ2v) is 6.49. The van der Waals surface area contributed by atoms with Crippen LogP contribution >= 0.6 is 7.60 Å². The first-order valence-electron chi connectivity index (χ1n) is 4.72. The summed E-state index contributed by atoms with van der Waals surface area (Å²) in [4.78, 5) is 9.35. The van der Waals surface area contributed by atoms with E-state index in [0.29, 0.717) is 11.0 Å². The molecule has 0 heterocycles. The number of aliphatic hydroxyl groups is 2. The third kappa shape index (κ3) is 8.99. The molecule has 0 bridgehead atoms. The van der Waals surface area contributed by atoms with Gasteiger partial charge in [-0.05, 0) is 0 Å². The summed E-state index contributed by atoms with van der Waals surface area (Å²) in [6, 6.07) is 0. The molecule has 0 aromatic carbocycles. The minimum Gasteiger partial charge on any atom is -0.394 e. The minimum atomic E-state index is -3.64. The van der Waals surface area contributed by atoms with Gasteiger partial charge in [-0.1, -0.05) is 0 Å². The maximum absolute atomic E-state index is 11.4. The molecule has 0 aliphatic rings. The fraction of sp³-hybridized carbons (Fsp3) is 1.00. The van der Waals surface area contributed by atoms with Crippen molar-refractivity contribution in [1.82, 2.24) is 0 Å². The van der Waals surface area contributed by atoms with Gasteiger partial charge in [0.2, 0.25) is 0 Å². The van der Waals surface area contributed by atoms with Crippen molar-refractivity contribution in [3.63, 3.8) is 0 Å². The lowest BCUT2D eigenvalue weighted by atomic mass is 10.4. The summed E-state index contributed by atoms with van der Waals surface area (Å²) < 4.78 is 16.6. The molecule has 0 saturated heterocycles. The fourth-order valence-corrected chi connectivity index (χ4v) is 2.13. The topological polar surface area (TPSA) is 87.0 Å². The number of aliphatic hydroxyl groups excluding tert-OH is 2. The number of hydrogen-bond donors (Lipinski definition) is 3. The first-order valence-corrected chi connectivity index (χ1v) is 6.48. The van der Waals surface area contributed by atoms with E-state index >= 15 is 0 Å². The molecule has 0 rings (SSSR count). The normalized spacial score (nSPS) is 18.5. The molecule has 7 heteroatoms. The predicted molar refractivity (Wildman–Crippen MR) is 56.6 cm³/mol. The summed E-state index contributed by atoms with van der Waals surface area (Å²) in [7, 11) is 2.07. The van der Waals surface area contributed by atoms with E-state index in [9.17, 15) is 9.46 Å². The molecule has 0 spiro atoms. The highest BCUT2D eigenvalue weighted by atomic mass is 31.2. The van der Waals surface area contributed by atoms with Crippen LogP contribution in [0.4, 0.5) is 0 Å². The van der Waals surface area contributed by atoms with Crippen LogP contribution in [0.2, 0.25) is 0 Å². The van der Waals surface area contributed by atoms with Gasteiger partial charge in [-0.2, -0.15) is 0 Å². The van der Waals surface area contributed by atoms with Gasteiger partial charge in [-0.15, -0.1) is 0 Å². The molecule has 0 saturated carbocycles. The monoisotopic (exact) mass is 242 g/mol. The van der Waals surface area contributed by atoms with Crippen molar-refractivity contribution in [1.29, 1.82) is 0 Å². The van der Waals surface area contributed by atoms with Crippen LogP contribution in [0.15, 0.2) is 0 Å². The highest BCUT2D eigenvalue weighted by molar-refractivity contribution is 7.52. The second kappa shape index (κ2) is 5.94. The Kier molecular flexibility index (Phi) is 5.95. The van der Waals surface area contributed by atoms with E-state index in [2.05, 4.69) is 4.52 Å². The van der Waals surface area contributed by atoms with E-state index in [1.165, 1.54) is 0 Å². The van der Waals surface area contributed by atoms with Gasteiger partial charge in [0.1, 0.15) is 6.10 Å². The van der Waals surface area contributed by atoms with Gasteiger partial charge in [0, 0.05) is 0 Å². The molecule has 6 nitrogen and oxygen atoms in total. The van der Waals surface area contributed by atoms with E-state index in [4.69, 9.17) is 10.2 Å². The minimum absolute atomic E-state index is 0.0364. The zero-order valence-electron chi connectivity index (χ0n) is 9.46. The molecule has 0 radical (unpaired) electrons. The maximum atomic E-state index is 11.4. The van der Waals surface area contributed by atoms with Crippen LogP contribution in [0.5, 0.6) is 0 Å². The van der Waals surface area contributed by atoms with E-state index in [-0.39, 0.29) is 12.8 Å². The molecular formula is C8H21NO5P+. The van der Waals surface area contributed by atoms with Crippen molar-refractivity contribution in [2.75, 3.05) is 47.1 Å². The number of nitrogens with zero attached hydrogens (tertiary/aromatic N) is 1. The Balaban J connectivity index is 3.93. The molecule has 0 aromatic rings. The first-order chi connectivity index (χ1) is 6.66. The Hall–Kier alpha value is 0.0300. The van der Waals surface area contributed by atoms with Crippen LogP contribution in [0.25, 0.3) is 0 Å². The highest BCUT2D eigenvalue weighted by Crippen LogP contribution is 2.41. The van der Waals surface area contributed by atoms with Gasteiger partial charge in [0.25, 0.3) is 0 Å². The molecule has 0 aliphatic heterocycles. The van der Waals surface area contributed by atoms with Crippen LogP contribution in [0.3, 0.4) is 0 Å². The maximum Gasteiger partial charge on any atom is 0.333 e. The predicted octanol–water partition coefficient (Wildman–Crippen LogP) is -0.752. The van der Waals surface area contributed by atoms with Gasteiger partial charge in [-0.3, -0.25) is 4.57 Å². The Morgan fingerprint density at radius 1 is 1.40 bits per heavy atom. The number of rotatable bonds is 7. The Morgan fingerprint density at radius 2 is 1.93 bits per heavy atom. The van der Waals surface area contributed by atoms with E-state index in [1.807, 2.05) is 21.1 Å². The van der Waals surface area contributed by atoms with Crippen molar-refractivity contribution < 1.29 is 28.7 Å². The summed E-state index contributed by atoms with van der Waals surface area (Å²) in [5, 5.41) is 17.4. The van der Waals surface area contributed by atoms with Crippen LogP contribution in [-0.4, -0.2) is 72.8 Å². The quantitative estimate of drug-likeness (QED) is 0.404. The standard InChI is InChI=1S/C8H20NO5P/c1-9(2,3)4-5-15(12,13)14-7-8(11)6-10/h8,10-11H,4-7H2,1-3H3/p+1/t8-/m0/s1. The second-order valence-electron chi connectivity index (χ2n) is 4.51. The zero-order valence-corrected chi connectivity index (χ0v) is 10.4. The Bertz CT molecular complexity index is 228. The summed E-state index contributed by atoms with van der Waals surface area (Å²) >= 11 is 0. The molecule has 0 aromatic heterocycles. The third-order valence-electron chi connectivity index (χ3n) is 1.73. The van der Waals surface area contributed by atoms with Gasteiger partial charge >= 0.3 is 7.60 Å². The highest BCUT2D eigenvalue weighted by Gasteiger charge is 2.24. The SMILES string of the molecule is C[N+](C)(C)CCP(=O)(O)OC[C@@H](O)CO. The average molecular weight is 242 g/mol. The van der Waals surface area contributed by atoms with Crippen LogP contribution in [0.1, 0.15) is 0 Å². The van der Waals surface area contributed by atoms with Crippen molar-refractivity contribution in [3.05, 3.63) is 0 Å². The number of hydrogen-bond acceptors (Lipinski definition) is 4. The van der Waals surface area contributed by atoms with E-state index < -0.39 is 20.3 Å². The fourth-order valence-electron chi connectivity index (χ4n) is 0.746. The molecule has 92 valence electrons. The summed E-state index contributed by atoms with van der Waals surface area (Å²) in [6.45, 7) is -0.292. The first kappa shape index (κ1) is 15.0. The molecule has 0 fully saturated rings. The van der Waals surface area contributed by atoms with Crippen molar-refractivity contribution >= 4 is 7.60 Å². The Labute approximate surface area is 90.2 Å². The van der Waals surface area contributed by atoms with Gasteiger partial charge in [-0.25, -0.2) is 0 Å². The third-order valence-corrected chi connectivity index (χ3v) is 3.05. The lowest BCUT2D eigenvalue weighted by Crippen LogP contribution is -2.37.